The van der Waals surface area contributed by atoms with E-state index >= 15 is 0 Å². The third-order valence-electron chi connectivity index (χ3n) is 3.62. The molecule has 6 heteroatoms. The van der Waals surface area contributed by atoms with E-state index in [1.54, 1.807) is 16.1 Å². The van der Waals surface area contributed by atoms with Gasteiger partial charge in [-0.15, -0.1) is 0 Å². The zero-order valence-corrected chi connectivity index (χ0v) is 13.5. The molecule has 0 bridgehead atoms. The van der Waals surface area contributed by atoms with Crippen LogP contribution >= 0.6 is 11.3 Å². The van der Waals surface area contributed by atoms with Crippen LogP contribution in [-0.4, -0.2) is 15.5 Å². The molecule has 118 valence electrons. The van der Waals surface area contributed by atoms with E-state index in [1.807, 2.05) is 37.3 Å². The van der Waals surface area contributed by atoms with Crippen molar-refractivity contribution in [1.82, 2.24) is 9.55 Å². The number of fused-ring (bicyclic) bond motifs is 1. The average Bonchev–Trinajstić information content (AvgIpc) is 2.89. The number of hydrogen-bond donors (Lipinski definition) is 0. The Kier molecular flexibility index (Phi) is 4.52. The summed E-state index contributed by atoms with van der Waals surface area (Å²) < 4.78 is 6.91. The Morgan fingerprint density at radius 1 is 1.30 bits per heavy atom. The van der Waals surface area contributed by atoms with Gasteiger partial charge in [-0.05, 0) is 13.0 Å². The highest BCUT2D eigenvalue weighted by atomic mass is 32.1. The number of carbonyl (C=O) groups is 1. The molecule has 0 fully saturated rings. The number of ether oxygens (including phenoxy) is 1. The van der Waals surface area contributed by atoms with Gasteiger partial charge in [-0.1, -0.05) is 35.6 Å². The van der Waals surface area contributed by atoms with E-state index in [-0.39, 0.29) is 23.9 Å². The van der Waals surface area contributed by atoms with Crippen LogP contribution < -0.4 is 4.87 Å². The van der Waals surface area contributed by atoms with Crippen LogP contribution in [0.2, 0.25) is 0 Å². The molecule has 0 amide bonds. The predicted molar refractivity (Wildman–Crippen MR) is 89.5 cm³/mol. The van der Waals surface area contributed by atoms with E-state index in [0.717, 1.165) is 33.5 Å². The van der Waals surface area contributed by atoms with Gasteiger partial charge in [0.05, 0.1) is 11.9 Å². The molecule has 2 aromatic heterocycles. The standard InChI is InChI=1S/C17H16N2O3S/c1-12-11-23-17(21)19(12)9-7-15(20)22-10-14-5-2-4-13-6-3-8-18-16(13)14/h2-6,8,11H,7,9-10H2,1H3. The lowest BCUT2D eigenvalue weighted by molar-refractivity contribution is -0.145. The Hall–Kier alpha value is -2.47. The van der Waals surface area contributed by atoms with Crippen LogP contribution in [0.4, 0.5) is 0 Å². The van der Waals surface area contributed by atoms with Crippen molar-refractivity contribution in [3.63, 3.8) is 0 Å². The van der Waals surface area contributed by atoms with Crippen molar-refractivity contribution in [1.29, 1.82) is 0 Å². The van der Waals surface area contributed by atoms with Gasteiger partial charge in [-0.2, -0.15) is 0 Å². The van der Waals surface area contributed by atoms with Gasteiger partial charge in [0.2, 0.25) is 0 Å². The van der Waals surface area contributed by atoms with Crippen LogP contribution in [0.1, 0.15) is 17.7 Å². The van der Waals surface area contributed by atoms with Crippen molar-refractivity contribution in [2.24, 2.45) is 0 Å². The van der Waals surface area contributed by atoms with Crippen LogP contribution in [0.25, 0.3) is 10.9 Å². The third kappa shape index (κ3) is 3.48. The summed E-state index contributed by atoms with van der Waals surface area (Å²) in [6.45, 7) is 2.39. The minimum atomic E-state index is -0.324. The number of esters is 1. The van der Waals surface area contributed by atoms with Crippen molar-refractivity contribution < 1.29 is 9.53 Å². The molecule has 0 radical (unpaired) electrons. The Morgan fingerprint density at radius 3 is 2.91 bits per heavy atom. The van der Waals surface area contributed by atoms with Crippen molar-refractivity contribution in [2.75, 3.05) is 0 Å². The van der Waals surface area contributed by atoms with Crippen molar-refractivity contribution in [2.45, 2.75) is 26.5 Å². The first-order valence-corrected chi connectivity index (χ1v) is 8.16. The van der Waals surface area contributed by atoms with Crippen LogP contribution in [0, 0.1) is 6.92 Å². The molecule has 0 saturated carbocycles. The molecule has 1 aromatic carbocycles. The van der Waals surface area contributed by atoms with Gasteiger partial charge >= 0.3 is 10.8 Å². The van der Waals surface area contributed by atoms with E-state index < -0.39 is 0 Å². The fourth-order valence-corrected chi connectivity index (χ4v) is 3.15. The van der Waals surface area contributed by atoms with E-state index in [2.05, 4.69) is 4.98 Å². The lowest BCUT2D eigenvalue weighted by atomic mass is 10.1. The molecule has 3 aromatic rings. The molecule has 0 spiro atoms. The first-order valence-electron chi connectivity index (χ1n) is 7.28. The number of aromatic nitrogens is 2. The summed E-state index contributed by atoms with van der Waals surface area (Å²) in [5, 5.41) is 2.80. The van der Waals surface area contributed by atoms with Crippen molar-refractivity contribution in [3.8, 4) is 0 Å². The molecule has 0 N–H and O–H groups in total. The molecule has 0 aliphatic heterocycles. The molecule has 5 nitrogen and oxygen atoms in total. The summed E-state index contributed by atoms with van der Waals surface area (Å²) >= 11 is 1.14. The van der Waals surface area contributed by atoms with Gasteiger partial charge in [0, 0.05) is 34.8 Å². The lowest BCUT2D eigenvalue weighted by Gasteiger charge is -2.08. The van der Waals surface area contributed by atoms with Crippen LogP contribution in [0.15, 0.2) is 46.7 Å². The highest BCUT2D eigenvalue weighted by molar-refractivity contribution is 7.07. The van der Waals surface area contributed by atoms with Crippen molar-refractivity contribution in [3.05, 3.63) is 62.8 Å². The number of rotatable bonds is 5. The average molecular weight is 328 g/mol. The molecule has 2 heterocycles. The Bertz CT molecular complexity index is 893. The molecule has 0 saturated heterocycles. The van der Waals surface area contributed by atoms with E-state index in [9.17, 15) is 9.59 Å². The summed E-state index contributed by atoms with van der Waals surface area (Å²) in [5.41, 5.74) is 2.58. The normalized spacial score (nSPS) is 10.8. The summed E-state index contributed by atoms with van der Waals surface area (Å²) in [6, 6.07) is 9.63. The van der Waals surface area contributed by atoms with Gasteiger partial charge in [-0.25, -0.2) is 0 Å². The van der Waals surface area contributed by atoms with E-state index in [4.69, 9.17) is 4.74 Å². The van der Waals surface area contributed by atoms with Gasteiger partial charge in [-0.3, -0.25) is 14.6 Å². The molecular formula is C17H16N2O3S. The lowest BCUT2D eigenvalue weighted by Crippen LogP contribution is -2.17. The smallest absolute Gasteiger partial charge is 0.307 e. The highest BCUT2D eigenvalue weighted by Crippen LogP contribution is 2.16. The summed E-state index contributed by atoms with van der Waals surface area (Å²) in [5.74, 6) is -0.324. The SMILES string of the molecule is Cc1csc(=O)n1CCC(=O)OCc1cccc2cccnc12. The second-order valence-electron chi connectivity index (χ2n) is 5.20. The van der Waals surface area contributed by atoms with Crippen molar-refractivity contribution >= 4 is 28.2 Å². The second-order valence-corrected chi connectivity index (χ2v) is 6.02. The molecular weight excluding hydrogens is 312 g/mol. The number of thiazole rings is 1. The minimum absolute atomic E-state index is 0.0476. The Morgan fingerprint density at radius 2 is 2.13 bits per heavy atom. The van der Waals surface area contributed by atoms with Gasteiger partial charge in [0.25, 0.3) is 0 Å². The fraction of sp³-hybridized carbons (Fsp3) is 0.235. The highest BCUT2D eigenvalue weighted by Gasteiger charge is 2.09. The predicted octanol–water partition coefficient (Wildman–Crippen LogP) is 2.90. The van der Waals surface area contributed by atoms with Crippen LogP contribution in [0.5, 0.6) is 0 Å². The number of nitrogens with zero attached hydrogens (tertiary/aromatic N) is 2. The first kappa shape index (κ1) is 15.4. The maximum atomic E-state index is 11.9. The summed E-state index contributed by atoms with van der Waals surface area (Å²) in [6.07, 6.45) is 1.90. The molecule has 0 aliphatic carbocycles. The molecule has 3 rings (SSSR count). The number of aryl methyl sites for hydroxylation is 1. The number of pyridine rings is 1. The third-order valence-corrected chi connectivity index (χ3v) is 4.50. The molecule has 0 atom stereocenters. The molecule has 0 aliphatic rings. The quantitative estimate of drug-likeness (QED) is 0.676. The monoisotopic (exact) mass is 328 g/mol. The number of para-hydroxylation sites is 1. The van der Waals surface area contributed by atoms with Gasteiger partial charge in [0.1, 0.15) is 6.61 Å². The fourth-order valence-electron chi connectivity index (χ4n) is 2.39. The first-order chi connectivity index (χ1) is 11.1. The van der Waals surface area contributed by atoms with Crippen LogP contribution in [-0.2, 0) is 22.7 Å². The van der Waals surface area contributed by atoms with Gasteiger partial charge in [0.15, 0.2) is 0 Å². The Balaban J connectivity index is 1.61. The topological polar surface area (TPSA) is 61.2 Å². The number of benzene rings is 1. The maximum Gasteiger partial charge on any atom is 0.307 e. The minimum Gasteiger partial charge on any atom is -0.461 e. The zero-order chi connectivity index (χ0) is 16.2. The molecule has 0 unspecified atom stereocenters. The Labute approximate surface area is 137 Å². The van der Waals surface area contributed by atoms with E-state index in [0.29, 0.717) is 6.54 Å². The largest absolute Gasteiger partial charge is 0.461 e. The van der Waals surface area contributed by atoms with E-state index in [1.165, 1.54) is 0 Å². The zero-order valence-electron chi connectivity index (χ0n) is 12.7. The molecule has 23 heavy (non-hydrogen) atoms. The number of carbonyl (C=O) groups excluding carboxylic acids is 1. The van der Waals surface area contributed by atoms with Crippen LogP contribution in [0.3, 0.4) is 0 Å². The maximum absolute atomic E-state index is 11.9. The second kappa shape index (κ2) is 6.75. The summed E-state index contributed by atoms with van der Waals surface area (Å²) in [4.78, 5) is 27.8. The summed E-state index contributed by atoms with van der Waals surface area (Å²) in [7, 11) is 0. The van der Waals surface area contributed by atoms with Gasteiger partial charge < -0.3 is 9.30 Å². The number of hydrogen-bond acceptors (Lipinski definition) is 5.